The van der Waals surface area contributed by atoms with Crippen LogP contribution in [0.15, 0.2) is 6.07 Å². The summed E-state index contributed by atoms with van der Waals surface area (Å²) >= 11 is 0. The van der Waals surface area contributed by atoms with Crippen LogP contribution in [0.3, 0.4) is 0 Å². The van der Waals surface area contributed by atoms with Gasteiger partial charge in [0.2, 0.25) is 0 Å². The number of nitrogens with one attached hydrogen (secondary N) is 1. The SMILES string of the molecule is CCCNC(c1cc(C)nnc1CC)C(C)C. The molecular formula is C14H25N3. The van der Waals surface area contributed by atoms with E-state index in [1.165, 1.54) is 5.56 Å². The molecular weight excluding hydrogens is 210 g/mol. The predicted molar refractivity (Wildman–Crippen MR) is 72.0 cm³/mol. The van der Waals surface area contributed by atoms with E-state index in [-0.39, 0.29) is 0 Å². The zero-order valence-electron chi connectivity index (χ0n) is 11.7. The van der Waals surface area contributed by atoms with Gasteiger partial charge in [-0.05, 0) is 43.9 Å². The molecule has 0 aliphatic carbocycles. The highest BCUT2D eigenvalue weighted by Crippen LogP contribution is 2.24. The first-order valence-electron chi connectivity index (χ1n) is 6.66. The van der Waals surface area contributed by atoms with Crippen molar-refractivity contribution < 1.29 is 0 Å². The van der Waals surface area contributed by atoms with Crippen LogP contribution in [0, 0.1) is 12.8 Å². The van der Waals surface area contributed by atoms with Crippen molar-refractivity contribution in [2.75, 3.05) is 6.54 Å². The largest absolute Gasteiger partial charge is 0.310 e. The van der Waals surface area contributed by atoms with E-state index in [0.29, 0.717) is 12.0 Å². The van der Waals surface area contributed by atoms with E-state index in [2.05, 4.69) is 49.3 Å². The van der Waals surface area contributed by atoms with Gasteiger partial charge in [0.05, 0.1) is 11.4 Å². The molecule has 0 aliphatic rings. The molecule has 0 bridgehead atoms. The fourth-order valence-electron chi connectivity index (χ4n) is 2.08. The second-order valence-electron chi connectivity index (χ2n) is 4.92. The van der Waals surface area contributed by atoms with Gasteiger partial charge >= 0.3 is 0 Å². The maximum atomic E-state index is 4.32. The Morgan fingerprint density at radius 3 is 2.47 bits per heavy atom. The fraction of sp³-hybridized carbons (Fsp3) is 0.714. The van der Waals surface area contributed by atoms with Crippen LogP contribution in [0.5, 0.6) is 0 Å². The van der Waals surface area contributed by atoms with Crippen LogP contribution in [0.25, 0.3) is 0 Å². The highest BCUT2D eigenvalue weighted by molar-refractivity contribution is 5.25. The molecule has 1 aromatic heterocycles. The lowest BCUT2D eigenvalue weighted by Crippen LogP contribution is -2.28. The molecule has 1 aromatic rings. The van der Waals surface area contributed by atoms with Crippen molar-refractivity contribution in [3.8, 4) is 0 Å². The summed E-state index contributed by atoms with van der Waals surface area (Å²) in [5.74, 6) is 0.565. The molecule has 0 saturated heterocycles. The van der Waals surface area contributed by atoms with Crippen LogP contribution in [0.1, 0.15) is 57.1 Å². The predicted octanol–water partition coefficient (Wildman–Crippen LogP) is 3.04. The molecule has 0 amide bonds. The standard InChI is InChI=1S/C14H25N3/c1-6-8-15-14(10(3)4)12-9-11(5)16-17-13(12)7-2/h9-10,14-15H,6-8H2,1-5H3. The summed E-state index contributed by atoms with van der Waals surface area (Å²) in [7, 11) is 0. The van der Waals surface area contributed by atoms with Gasteiger partial charge in [0, 0.05) is 6.04 Å². The second kappa shape index (κ2) is 6.70. The first-order chi connectivity index (χ1) is 8.10. The average molecular weight is 235 g/mol. The Hall–Kier alpha value is -0.960. The topological polar surface area (TPSA) is 37.8 Å². The van der Waals surface area contributed by atoms with Crippen LogP contribution < -0.4 is 5.32 Å². The lowest BCUT2D eigenvalue weighted by molar-refractivity contribution is 0.408. The van der Waals surface area contributed by atoms with E-state index in [0.717, 1.165) is 30.8 Å². The summed E-state index contributed by atoms with van der Waals surface area (Å²) in [5, 5.41) is 12.1. The number of aryl methyl sites for hydroxylation is 2. The van der Waals surface area contributed by atoms with Gasteiger partial charge in [0.25, 0.3) is 0 Å². The molecule has 1 rings (SSSR count). The number of hydrogen-bond acceptors (Lipinski definition) is 3. The fourth-order valence-corrected chi connectivity index (χ4v) is 2.08. The van der Waals surface area contributed by atoms with Gasteiger partial charge in [0.15, 0.2) is 0 Å². The van der Waals surface area contributed by atoms with Crippen molar-refractivity contribution in [1.82, 2.24) is 15.5 Å². The van der Waals surface area contributed by atoms with Gasteiger partial charge in [-0.2, -0.15) is 10.2 Å². The normalized spacial score (nSPS) is 13.1. The van der Waals surface area contributed by atoms with Crippen molar-refractivity contribution in [3.63, 3.8) is 0 Å². The van der Waals surface area contributed by atoms with Gasteiger partial charge in [-0.25, -0.2) is 0 Å². The Labute approximate surface area is 105 Å². The molecule has 17 heavy (non-hydrogen) atoms. The van der Waals surface area contributed by atoms with Gasteiger partial charge in [0.1, 0.15) is 0 Å². The molecule has 1 unspecified atom stereocenters. The Morgan fingerprint density at radius 1 is 1.24 bits per heavy atom. The summed E-state index contributed by atoms with van der Waals surface area (Å²) in [6.07, 6.45) is 2.10. The zero-order chi connectivity index (χ0) is 12.8. The first kappa shape index (κ1) is 14.1. The van der Waals surface area contributed by atoms with Crippen molar-refractivity contribution in [2.45, 2.75) is 53.5 Å². The Kier molecular flexibility index (Phi) is 5.56. The lowest BCUT2D eigenvalue weighted by Gasteiger charge is -2.24. The third kappa shape index (κ3) is 3.77. The third-order valence-corrected chi connectivity index (χ3v) is 2.98. The van der Waals surface area contributed by atoms with Crippen molar-refractivity contribution in [3.05, 3.63) is 23.0 Å². The van der Waals surface area contributed by atoms with Crippen molar-refractivity contribution in [1.29, 1.82) is 0 Å². The van der Waals surface area contributed by atoms with E-state index in [9.17, 15) is 0 Å². The number of rotatable bonds is 6. The Balaban J connectivity index is 3.02. The van der Waals surface area contributed by atoms with E-state index in [1.54, 1.807) is 0 Å². The minimum atomic E-state index is 0.388. The monoisotopic (exact) mass is 235 g/mol. The number of nitrogens with zero attached hydrogens (tertiary/aromatic N) is 2. The molecule has 0 spiro atoms. The summed E-state index contributed by atoms with van der Waals surface area (Å²) in [6, 6.07) is 2.57. The summed E-state index contributed by atoms with van der Waals surface area (Å²) in [6.45, 7) is 11.9. The molecule has 1 atom stereocenters. The van der Waals surface area contributed by atoms with E-state index >= 15 is 0 Å². The van der Waals surface area contributed by atoms with Crippen molar-refractivity contribution in [2.24, 2.45) is 5.92 Å². The first-order valence-corrected chi connectivity index (χ1v) is 6.66. The Morgan fingerprint density at radius 2 is 1.94 bits per heavy atom. The number of aromatic nitrogens is 2. The van der Waals surface area contributed by atoms with Gasteiger partial charge in [-0.3, -0.25) is 0 Å². The van der Waals surface area contributed by atoms with E-state index < -0.39 is 0 Å². The maximum absolute atomic E-state index is 4.32. The molecule has 1 N–H and O–H groups in total. The summed E-state index contributed by atoms with van der Waals surface area (Å²) < 4.78 is 0. The maximum Gasteiger partial charge on any atom is 0.0676 e. The zero-order valence-corrected chi connectivity index (χ0v) is 11.7. The van der Waals surface area contributed by atoms with Crippen LogP contribution in [0.2, 0.25) is 0 Å². The molecule has 1 heterocycles. The highest BCUT2D eigenvalue weighted by atomic mass is 15.1. The van der Waals surface area contributed by atoms with Gasteiger partial charge < -0.3 is 5.32 Å². The van der Waals surface area contributed by atoms with Crippen LogP contribution in [-0.4, -0.2) is 16.7 Å². The summed E-state index contributed by atoms with van der Waals surface area (Å²) in [5.41, 5.74) is 3.45. The van der Waals surface area contributed by atoms with Gasteiger partial charge in [-0.15, -0.1) is 0 Å². The average Bonchev–Trinajstić information content (AvgIpc) is 2.29. The molecule has 3 nitrogen and oxygen atoms in total. The number of hydrogen-bond donors (Lipinski definition) is 1. The smallest absolute Gasteiger partial charge is 0.0676 e. The minimum Gasteiger partial charge on any atom is -0.310 e. The van der Waals surface area contributed by atoms with Crippen molar-refractivity contribution >= 4 is 0 Å². The highest BCUT2D eigenvalue weighted by Gasteiger charge is 2.19. The van der Waals surface area contributed by atoms with Crippen LogP contribution >= 0.6 is 0 Å². The van der Waals surface area contributed by atoms with Crippen LogP contribution in [0.4, 0.5) is 0 Å². The summed E-state index contributed by atoms with van der Waals surface area (Å²) in [4.78, 5) is 0. The molecule has 96 valence electrons. The molecule has 0 fully saturated rings. The Bertz CT molecular complexity index is 347. The lowest BCUT2D eigenvalue weighted by atomic mass is 9.93. The molecule has 3 heteroatoms. The van der Waals surface area contributed by atoms with E-state index in [1.807, 2.05) is 6.92 Å². The molecule has 0 aliphatic heterocycles. The second-order valence-corrected chi connectivity index (χ2v) is 4.92. The molecule has 0 aromatic carbocycles. The van der Waals surface area contributed by atoms with Crippen LogP contribution in [-0.2, 0) is 6.42 Å². The quantitative estimate of drug-likeness (QED) is 0.823. The van der Waals surface area contributed by atoms with E-state index in [4.69, 9.17) is 0 Å². The minimum absolute atomic E-state index is 0.388. The molecule has 0 radical (unpaired) electrons. The molecule has 0 saturated carbocycles. The van der Waals surface area contributed by atoms with Gasteiger partial charge in [-0.1, -0.05) is 27.7 Å². The third-order valence-electron chi connectivity index (χ3n) is 2.98.